The third-order valence-corrected chi connectivity index (χ3v) is 3.52. The lowest BCUT2D eigenvalue weighted by molar-refractivity contribution is -0.657. The Morgan fingerprint density at radius 2 is 2.40 bits per heavy atom. The lowest BCUT2D eigenvalue weighted by Gasteiger charge is -2.04. The number of nitrogens with zero attached hydrogens (tertiary/aromatic N) is 2. The number of hydrogen-bond acceptors (Lipinski definition) is 3. The highest BCUT2D eigenvalue weighted by Gasteiger charge is 2.25. The minimum absolute atomic E-state index is 0.0128. The van der Waals surface area contributed by atoms with E-state index in [4.69, 9.17) is 0 Å². The van der Waals surface area contributed by atoms with Crippen LogP contribution in [0.1, 0.15) is 18.4 Å². The Balaban J connectivity index is 1.66. The molecule has 5 nitrogen and oxygen atoms in total. The molecule has 0 unspecified atom stereocenters. The van der Waals surface area contributed by atoms with Gasteiger partial charge in [0.15, 0.2) is 6.04 Å². The predicted octanol–water partition coefficient (Wildman–Crippen LogP) is 0.411. The fourth-order valence-corrected chi connectivity index (χ4v) is 2.44. The molecule has 0 saturated carbocycles. The average molecular weight is 269 g/mol. The van der Waals surface area contributed by atoms with Crippen molar-refractivity contribution in [3.05, 3.63) is 42.1 Å². The molecular weight excluding hydrogens is 252 g/mol. The summed E-state index contributed by atoms with van der Waals surface area (Å²) in [6.07, 6.45) is 5.47. The number of hydrogen-bond donors (Lipinski definition) is 2. The van der Waals surface area contributed by atoms with E-state index >= 15 is 0 Å². The molecule has 5 heteroatoms. The zero-order valence-corrected chi connectivity index (χ0v) is 11.1. The third kappa shape index (κ3) is 2.83. The number of nitrogens with one attached hydrogen (secondary N) is 1. The molecule has 2 aromatic rings. The number of carbonyl (C=O) groups excluding carboxylic acids is 1. The maximum absolute atomic E-state index is 11.8. The Morgan fingerprint density at radius 1 is 1.45 bits per heavy atom. The van der Waals surface area contributed by atoms with Gasteiger partial charge in [0, 0.05) is 24.4 Å². The van der Waals surface area contributed by atoms with Gasteiger partial charge < -0.3 is 5.32 Å². The summed E-state index contributed by atoms with van der Waals surface area (Å²) in [5.74, 6) is -0.0128. The van der Waals surface area contributed by atoms with Crippen LogP contribution in [0.4, 0.5) is 0 Å². The van der Waals surface area contributed by atoms with Crippen molar-refractivity contribution in [2.45, 2.75) is 18.9 Å². The van der Waals surface area contributed by atoms with Crippen molar-refractivity contribution in [1.82, 2.24) is 10.4 Å². The lowest BCUT2D eigenvalue weighted by atomic mass is 10.1. The number of fused-ring (bicyclic) bond motifs is 1. The molecule has 1 fully saturated rings. The van der Waals surface area contributed by atoms with Gasteiger partial charge in [-0.1, -0.05) is 12.1 Å². The summed E-state index contributed by atoms with van der Waals surface area (Å²) in [5, 5.41) is 7.15. The Hall–Kier alpha value is -2.27. The molecule has 3 N–H and O–H groups in total. The SMILES string of the molecule is O=C(N/N=C\c1ccc2ncccc2c1)[C@@H]1CCC[NH2+]1. The zero-order valence-electron chi connectivity index (χ0n) is 11.1. The van der Waals surface area contributed by atoms with Gasteiger partial charge in [0.25, 0.3) is 5.91 Å². The van der Waals surface area contributed by atoms with Crippen molar-refractivity contribution in [3.8, 4) is 0 Å². The van der Waals surface area contributed by atoms with E-state index in [-0.39, 0.29) is 11.9 Å². The molecule has 1 aromatic carbocycles. The molecule has 0 bridgehead atoms. The van der Waals surface area contributed by atoms with E-state index in [9.17, 15) is 4.79 Å². The summed E-state index contributed by atoms with van der Waals surface area (Å²) in [5.41, 5.74) is 4.50. The molecule has 1 saturated heterocycles. The molecule has 1 aliphatic heterocycles. The van der Waals surface area contributed by atoms with Crippen LogP contribution < -0.4 is 10.7 Å². The summed E-state index contributed by atoms with van der Waals surface area (Å²) in [6, 6.07) is 9.82. The molecule has 0 radical (unpaired) electrons. The molecule has 3 rings (SSSR count). The number of rotatable bonds is 3. The van der Waals surface area contributed by atoms with Gasteiger partial charge in [-0.25, -0.2) is 5.43 Å². The van der Waals surface area contributed by atoms with Gasteiger partial charge in [-0.15, -0.1) is 0 Å². The second kappa shape index (κ2) is 5.79. The van der Waals surface area contributed by atoms with E-state index in [0.29, 0.717) is 0 Å². The molecule has 0 spiro atoms. The molecule has 102 valence electrons. The van der Waals surface area contributed by atoms with Crippen molar-refractivity contribution in [1.29, 1.82) is 0 Å². The van der Waals surface area contributed by atoms with Crippen LogP contribution in [0.2, 0.25) is 0 Å². The molecule has 20 heavy (non-hydrogen) atoms. The van der Waals surface area contributed by atoms with Crippen molar-refractivity contribution in [2.75, 3.05) is 6.54 Å². The minimum atomic E-state index is -0.0128. The summed E-state index contributed by atoms with van der Waals surface area (Å²) in [6.45, 7) is 1.03. The smallest absolute Gasteiger partial charge is 0.298 e. The fraction of sp³-hybridized carbons (Fsp3) is 0.267. The molecule has 2 heterocycles. The summed E-state index contributed by atoms with van der Waals surface area (Å²) >= 11 is 0. The number of amides is 1. The van der Waals surface area contributed by atoms with Gasteiger partial charge in [-0.05, 0) is 23.8 Å². The van der Waals surface area contributed by atoms with E-state index in [1.807, 2.05) is 30.3 Å². The second-order valence-corrected chi connectivity index (χ2v) is 4.96. The van der Waals surface area contributed by atoms with Gasteiger partial charge in [0.2, 0.25) is 0 Å². The van der Waals surface area contributed by atoms with Gasteiger partial charge in [-0.3, -0.25) is 9.78 Å². The molecule has 1 atom stereocenters. The number of quaternary nitrogens is 1. The fourth-order valence-electron chi connectivity index (χ4n) is 2.44. The maximum atomic E-state index is 11.8. The van der Waals surface area contributed by atoms with Crippen LogP contribution in [0.5, 0.6) is 0 Å². The molecule has 0 aliphatic carbocycles. The Labute approximate surface area is 117 Å². The van der Waals surface area contributed by atoms with Gasteiger partial charge in [0.1, 0.15) is 0 Å². The van der Waals surface area contributed by atoms with Crippen LogP contribution in [-0.2, 0) is 4.79 Å². The van der Waals surface area contributed by atoms with Crippen LogP contribution in [0.15, 0.2) is 41.6 Å². The Bertz CT molecular complexity index is 647. The van der Waals surface area contributed by atoms with Crippen molar-refractivity contribution >= 4 is 23.0 Å². The number of nitrogens with two attached hydrogens (primary N) is 1. The van der Waals surface area contributed by atoms with E-state index in [1.54, 1.807) is 12.4 Å². The van der Waals surface area contributed by atoms with E-state index in [2.05, 4.69) is 20.8 Å². The largest absolute Gasteiger partial charge is 0.336 e. The highest BCUT2D eigenvalue weighted by atomic mass is 16.2. The second-order valence-electron chi connectivity index (χ2n) is 4.96. The Morgan fingerprint density at radius 3 is 3.25 bits per heavy atom. The van der Waals surface area contributed by atoms with E-state index in [1.165, 1.54) is 0 Å². The van der Waals surface area contributed by atoms with E-state index in [0.717, 1.165) is 35.9 Å². The summed E-state index contributed by atoms with van der Waals surface area (Å²) in [4.78, 5) is 16.0. The molecule has 1 aliphatic rings. The van der Waals surface area contributed by atoms with Crippen molar-refractivity contribution < 1.29 is 10.1 Å². The maximum Gasteiger partial charge on any atom is 0.298 e. The molecule has 1 aromatic heterocycles. The number of pyridine rings is 1. The quantitative estimate of drug-likeness (QED) is 0.626. The number of benzene rings is 1. The van der Waals surface area contributed by atoms with Gasteiger partial charge in [-0.2, -0.15) is 5.10 Å². The molecule has 1 amide bonds. The first-order valence-electron chi connectivity index (χ1n) is 6.84. The predicted molar refractivity (Wildman–Crippen MR) is 77.3 cm³/mol. The third-order valence-electron chi connectivity index (χ3n) is 3.52. The topological polar surface area (TPSA) is 71.0 Å². The van der Waals surface area contributed by atoms with Crippen molar-refractivity contribution in [3.63, 3.8) is 0 Å². The number of hydrazone groups is 1. The Kier molecular flexibility index (Phi) is 3.69. The highest BCUT2D eigenvalue weighted by molar-refractivity contribution is 5.89. The van der Waals surface area contributed by atoms with Crippen LogP contribution in [-0.4, -0.2) is 29.7 Å². The highest BCUT2D eigenvalue weighted by Crippen LogP contribution is 2.11. The summed E-state index contributed by atoms with van der Waals surface area (Å²) < 4.78 is 0. The van der Waals surface area contributed by atoms with E-state index < -0.39 is 0 Å². The van der Waals surface area contributed by atoms with Crippen LogP contribution >= 0.6 is 0 Å². The van der Waals surface area contributed by atoms with Crippen molar-refractivity contribution in [2.24, 2.45) is 5.10 Å². The number of carbonyl (C=O) groups is 1. The average Bonchev–Trinajstić information content (AvgIpc) is 3.01. The summed E-state index contributed by atoms with van der Waals surface area (Å²) in [7, 11) is 0. The van der Waals surface area contributed by atoms with Crippen LogP contribution in [0.25, 0.3) is 10.9 Å². The first-order valence-corrected chi connectivity index (χ1v) is 6.84. The first-order chi connectivity index (χ1) is 9.83. The standard InChI is InChI=1S/C15H16N4O/c20-15(14-4-2-8-17-14)19-18-10-11-5-6-13-12(9-11)3-1-7-16-13/h1,3,5-7,9-10,14,17H,2,4,8H2,(H,19,20)/p+1/b18-10-/t14-/m0/s1. The van der Waals surface area contributed by atoms with Crippen LogP contribution in [0, 0.1) is 0 Å². The zero-order chi connectivity index (χ0) is 13.8. The monoisotopic (exact) mass is 269 g/mol. The normalized spacial score (nSPS) is 18.7. The first kappa shape index (κ1) is 12.7. The number of aromatic nitrogens is 1. The molecular formula is C15H17N4O+. The van der Waals surface area contributed by atoms with Gasteiger partial charge >= 0.3 is 0 Å². The van der Waals surface area contributed by atoms with Gasteiger partial charge in [0.05, 0.1) is 18.3 Å². The lowest BCUT2D eigenvalue weighted by Crippen LogP contribution is -2.89. The minimum Gasteiger partial charge on any atom is -0.336 e. The van der Waals surface area contributed by atoms with Crippen LogP contribution in [0.3, 0.4) is 0 Å².